The van der Waals surface area contributed by atoms with Crippen LogP contribution in [0.25, 0.3) is 10.9 Å². The molecule has 6 heteroatoms. The van der Waals surface area contributed by atoms with Crippen molar-refractivity contribution < 1.29 is 14.7 Å². The fourth-order valence-corrected chi connectivity index (χ4v) is 3.02. The number of carbonyl (C=O) groups excluding carboxylic acids is 1. The number of carbonyl (C=O) groups is 2. The summed E-state index contributed by atoms with van der Waals surface area (Å²) in [4.78, 5) is 26.9. The molecule has 0 fully saturated rings. The lowest BCUT2D eigenvalue weighted by atomic mass is 10.0. The van der Waals surface area contributed by atoms with Gasteiger partial charge in [-0.3, -0.25) is 4.79 Å². The van der Waals surface area contributed by atoms with Crippen LogP contribution in [-0.4, -0.2) is 28.0 Å². The maximum atomic E-state index is 12.2. The molecule has 2 aromatic carbocycles. The molecule has 0 bridgehead atoms. The van der Waals surface area contributed by atoms with Gasteiger partial charge in [-0.2, -0.15) is 0 Å². The smallest absolute Gasteiger partial charge is 0.326 e. The van der Waals surface area contributed by atoms with Gasteiger partial charge in [0.25, 0.3) is 0 Å². The third kappa shape index (κ3) is 4.28. The van der Waals surface area contributed by atoms with Crippen LogP contribution in [0.5, 0.6) is 0 Å². The Hall–Kier alpha value is -2.60. The molecular formula is C19H17BrN2O3. The maximum absolute atomic E-state index is 12.2. The number of aliphatic carboxylic acids is 1. The summed E-state index contributed by atoms with van der Waals surface area (Å²) in [5.41, 5.74) is 2.65. The molecule has 0 aliphatic carbocycles. The summed E-state index contributed by atoms with van der Waals surface area (Å²) in [5.74, 6) is -1.36. The van der Waals surface area contributed by atoms with E-state index in [1.807, 2.05) is 48.5 Å². The Labute approximate surface area is 153 Å². The number of rotatable bonds is 6. The van der Waals surface area contributed by atoms with Crippen molar-refractivity contribution >= 4 is 38.7 Å². The third-order valence-corrected chi connectivity index (χ3v) is 4.54. The first-order valence-corrected chi connectivity index (χ1v) is 8.64. The van der Waals surface area contributed by atoms with Crippen molar-refractivity contribution in [1.82, 2.24) is 10.3 Å². The Balaban J connectivity index is 1.69. The monoisotopic (exact) mass is 400 g/mol. The number of para-hydroxylation sites is 1. The summed E-state index contributed by atoms with van der Waals surface area (Å²) in [6.45, 7) is 0. The molecule has 0 aliphatic heterocycles. The second-order valence-electron chi connectivity index (χ2n) is 5.83. The summed E-state index contributed by atoms with van der Waals surface area (Å²) in [7, 11) is 0. The Morgan fingerprint density at radius 2 is 1.84 bits per heavy atom. The van der Waals surface area contributed by atoms with Crippen LogP contribution in [0.15, 0.2) is 59.2 Å². The minimum atomic E-state index is -1.05. The van der Waals surface area contributed by atoms with E-state index in [2.05, 4.69) is 26.2 Å². The second-order valence-corrected chi connectivity index (χ2v) is 6.74. The average Bonchev–Trinajstić information content (AvgIpc) is 2.99. The lowest BCUT2D eigenvalue weighted by molar-refractivity contribution is -0.141. The molecule has 5 nitrogen and oxygen atoms in total. The van der Waals surface area contributed by atoms with E-state index in [1.165, 1.54) is 0 Å². The largest absolute Gasteiger partial charge is 0.480 e. The summed E-state index contributed by atoms with van der Waals surface area (Å²) in [6.07, 6.45) is 2.16. The number of H-pyrrole nitrogens is 1. The number of fused-ring (bicyclic) bond motifs is 1. The highest BCUT2D eigenvalue weighted by Crippen LogP contribution is 2.19. The van der Waals surface area contributed by atoms with Gasteiger partial charge in [0.1, 0.15) is 6.04 Å². The number of aromatic nitrogens is 1. The van der Waals surface area contributed by atoms with E-state index >= 15 is 0 Å². The zero-order valence-corrected chi connectivity index (χ0v) is 14.9. The minimum absolute atomic E-state index is 0.144. The quantitative estimate of drug-likeness (QED) is 0.593. The van der Waals surface area contributed by atoms with Gasteiger partial charge >= 0.3 is 5.97 Å². The number of hydrogen-bond donors (Lipinski definition) is 3. The first-order valence-electron chi connectivity index (χ1n) is 7.84. The van der Waals surface area contributed by atoms with E-state index in [-0.39, 0.29) is 18.7 Å². The van der Waals surface area contributed by atoms with Crippen LogP contribution in [0, 0.1) is 0 Å². The molecule has 0 saturated heterocycles. The fourth-order valence-electron chi connectivity index (χ4n) is 2.75. The van der Waals surface area contributed by atoms with Crippen molar-refractivity contribution in [3.05, 3.63) is 70.3 Å². The number of benzene rings is 2. The molecule has 1 unspecified atom stereocenters. The van der Waals surface area contributed by atoms with Crippen LogP contribution >= 0.6 is 15.9 Å². The highest BCUT2D eigenvalue weighted by Gasteiger charge is 2.21. The van der Waals surface area contributed by atoms with Crippen molar-refractivity contribution in [2.45, 2.75) is 18.9 Å². The number of nitrogens with one attached hydrogen (secondary N) is 2. The normalized spacial score (nSPS) is 12.0. The van der Waals surface area contributed by atoms with Crippen LogP contribution in [0.1, 0.15) is 11.1 Å². The van der Waals surface area contributed by atoms with Crippen LogP contribution < -0.4 is 5.32 Å². The predicted octanol–water partition coefficient (Wildman–Crippen LogP) is 3.29. The van der Waals surface area contributed by atoms with Crippen molar-refractivity contribution in [3.8, 4) is 0 Å². The molecule has 0 aliphatic rings. The number of carboxylic acids is 1. The lowest BCUT2D eigenvalue weighted by Crippen LogP contribution is -2.43. The molecular weight excluding hydrogens is 384 g/mol. The van der Waals surface area contributed by atoms with E-state index in [0.29, 0.717) is 0 Å². The molecule has 1 atom stereocenters. The van der Waals surface area contributed by atoms with E-state index in [9.17, 15) is 14.7 Å². The summed E-state index contributed by atoms with van der Waals surface area (Å²) in [5, 5.41) is 13.1. The molecule has 1 heterocycles. The van der Waals surface area contributed by atoms with Gasteiger partial charge in [0.05, 0.1) is 6.42 Å². The average molecular weight is 401 g/mol. The summed E-state index contributed by atoms with van der Waals surface area (Å²) in [6, 6.07) is 14.1. The first kappa shape index (κ1) is 17.2. The fraction of sp³-hybridized carbons (Fsp3) is 0.158. The van der Waals surface area contributed by atoms with Crippen LogP contribution in [0.3, 0.4) is 0 Å². The Morgan fingerprint density at radius 3 is 2.56 bits per heavy atom. The van der Waals surface area contributed by atoms with E-state index in [1.54, 1.807) is 6.20 Å². The number of carboxylic acid groups (broad SMARTS) is 1. The van der Waals surface area contributed by atoms with Gasteiger partial charge in [-0.25, -0.2) is 4.79 Å². The number of hydrogen-bond acceptors (Lipinski definition) is 2. The standard InChI is InChI=1S/C19H17BrN2O3/c20-14-7-5-12(6-8-14)9-18(23)22-17(19(24)25)10-13-11-21-16-4-2-1-3-15(13)16/h1-8,11,17,21H,9-10H2,(H,22,23)(H,24,25). The van der Waals surface area contributed by atoms with Gasteiger partial charge in [0, 0.05) is 28.0 Å². The number of amides is 1. The van der Waals surface area contributed by atoms with Crippen molar-refractivity contribution in [2.24, 2.45) is 0 Å². The molecule has 1 amide bonds. The molecule has 3 N–H and O–H groups in total. The molecule has 0 radical (unpaired) electrons. The molecule has 25 heavy (non-hydrogen) atoms. The molecule has 128 valence electrons. The zero-order valence-electron chi connectivity index (χ0n) is 13.3. The van der Waals surface area contributed by atoms with Gasteiger partial charge < -0.3 is 15.4 Å². The highest BCUT2D eigenvalue weighted by molar-refractivity contribution is 9.10. The maximum Gasteiger partial charge on any atom is 0.326 e. The second kappa shape index (κ2) is 7.53. The van der Waals surface area contributed by atoms with Crippen molar-refractivity contribution in [1.29, 1.82) is 0 Å². The van der Waals surface area contributed by atoms with Gasteiger partial charge in [-0.15, -0.1) is 0 Å². The van der Waals surface area contributed by atoms with E-state index in [0.717, 1.165) is 26.5 Å². The molecule has 1 aromatic heterocycles. The van der Waals surface area contributed by atoms with E-state index in [4.69, 9.17) is 0 Å². The lowest BCUT2D eigenvalue weighted by Gasteiger charge is -2.14. The minimum Gasteiger partial charge on any atom is -0.480 e. The predicted molar refractivity (Wildman–Crippen MR) is 99.4 cm³/mol. The first-order chi connectivity index (χ1) is 12.0. The summed E-state index contributed by atoms with van der Waals surface area (Å²) < 4.78 is 0.930. The Bertz CT molecular complexity index is 902. The van der Waals surface area contributed by atoms with Crippen molar-refractivity contribution in [2.75, 3.05) is 0 Å². The van der Waals surface area contributed by atoms with Crippen LogP contribution in [-0.2, 0) is 22.4 Å². The van der Waals surface area contributed by atoms with Gasteiger partial charge in [-0.05, 0) is 29.3 Å². The summed E-state index contributed by atoms with van der Waals surface area (Å²) >= 11 is 3.34. The van der Waals surface area contributed by atoms with Gasteiger partial charge in [0.15, 0.2) is 0 Å². The van der Waals surface area contributed by atoms with Crippen LogP contribution in [0.2, 0.25) is 0 Å². The van der Waals surface area contributed by atoms with Crippen molar-refractivity contribution in [3.63, 3.8) is 0 Å². The molecule has 0 saturated carbocycles. The van der Waals surface area contributed by atoms with Crippen LogP contribution in [0.4, 0.5) is 0 Å². The number of aromatic amines is 1. The molecule has 3 rings (SSSR count). The Morgan fingerprint density at radius 1 is 1.12 bits per heavy atom. The zero-order chi connectivity index (χ0) is 17.8. The van der Waals surface area contributed by atoms with Gasteiger partial charge in [-0.1, -0.05) is 46.3 Å². The number of halogens is 1. The third-order valence-electron chi connectivity index (χ3n) is 4.01. The topological polar surface area (TPSA) is 82.2 Å². The Kier molecular flexibility index (Phi) is 5.19. The molecule has 0 spiro atoms. The van der Waals surface area contributed by atoms with E-state index < -0.39 is 12.0 Å². The highest BCUT2D eigenvalue weighted by atomic mass is 79.9. The van der Waals surface area contributed by atoms with Gasteiger partial charge in [0.2, 0.25) is 5.91 Å². The SMILES string of the molecule is O=C(Cc1ccc(Br)cc1)NC(Cc1c[nH]c2ccccc12)C(=O)O. The molecule has 3 aromatic rings.